The number of nitrogens with zero attached hydrogens (tertiary/aromatic N) is 1. The van der Waals surface area contributed by atoms with Crippen LogP contribution in [0.5, 0.6) is 5.75 Å². The number of aliphatic hydroxyl groups is 1. The third-order valence-corrected chi connectivity index (χ3v) is 4.07. The van der Waals surface area contributed by atoms with E-state index in [2.05, 4.69) is 0 Å². The second-order valence-electron chi connectivity index (χ2n) is 5.96. The lowest BCUT2D eigenvalue weighted by Crippen LogP contribution is -2.45. The van der Waals surface area contributed by atoms with Gasteiger partial charge in [-0.2, -0.15) is 0 Å². The van der Waals surface area contributed by atoms with Crippen LogP contribution in [0.2, 0.25) is 0 Å². The lowest BCUT2D eigenvalue weighted by molar-refractivity contribution is -0.141. The number of hydrogen-bond donors (Lipinski definition) is 4. The smallest absolute Gasteiger partial charge is 0.251 e. The molecule has 1 fully saturated rings. The van der Waals surface area contributed by atoms with Crippen LogP contribution in [0.25, 0.3) is 0 Å². The molecule has 0 spiro atoms. The number of aliphatic hydroxyl groups excluding tert-OH is 1. The van der Waals surface area contributed by atoms with Gasteiger partial charge in [-0.05, 0) is 30.7 Å². The summed E-state index contributed by atoms with van der Waals surface area (Å²) in [5.74, 6) is 0.323. The van der Waals surface area contributed by atoms with E-state index in [1.54, 1.807) is 23.1 Å². The van der Waals surface area contributed by atoms with Crippen molar-refractivity contribution in [3.05, 3.63) is 23.8 Å². The van der Waals surface area contributed by atoms with Crippen molar-refractivity contribution in [2.24, 2.45) is 0 Å². The third-order valence-electron chi connectivity index (χ3n) is 4.07. The largest absolute Gasteiger partial charge is 0.488 e. The first-order chi connectivity index (χ1) is 11.4. The lowest BCUT2D eigenvalue weighted by Gasteiger charge is -2.33. The average Bonchev–Trinajstić information content (AvgIpc) is 2.56. The number of nitrogens with two attached hydrogens (primary N) is 1. The maximum absolute atomic E-state index is 11.8. The summed E-state index contributed by atoms with van der Waals surface area (Å²) in [6.45, 7) is 2.58. The van der Waals surface area contributed by atoms with Crippen molar-refractivity contribution in [2.45, 2.75) is 38.4 Å². The molecule has 1 amide bonds. The number of rotatable bonds is 6. The summed E-state index contributed by atoms with van der Waals surface area (Å²) in [6, 6.07) is 5.20. The van der Waals surface area contributed by atoms with E-state index in [1.807, 2.05) is 0 Å². The number of carbonyl (C=O) groups is 1. The van der Waals surface area contributed by atoms with Crippen molar-refractivity contribution in [2.75, 3.05) is 18.8 Å². The fourth-order valence-corrected chi connectivity index (χ4v) is 2.70. The standard InChI is InChI=1S/C17H24N4O3/c1-11(22)17(23)21-8-5-13(6-9-21)24-16-3-2-12(10-15(16)20)14(19)4-7-18/h2-3,7,10-11,13,18-19,22H,4-6,8-9,20H2,1H3. The number of amides is 1. The number of nitrogens with one attached hydrogen (secondary N) is 2. The van der Waals surface area contributed by atoms with E-state index in [4.69, 9.17) is 21.3 Å². The Hall–Kier alpha value is -2.41. The molecule has 1 aromatic carbocycles. The highest BCUT2D eigenvalue weighted by atomic mass is 16.5. The van der Waals surface area contributed by atoms with Gasteiger partial charge in [0.2, 0.25) is 0 Å². The first-order valence-corrected chi connectivity index (χ1v) is 8.02. The minimum Gasteiger partial charge on any atom is -0.488 e. The van der Waals surface area contributed by atoms with Crippen molar-refractivity contribution in [1.82, 2.24) is 4.90 Å². The van der Waals surface area contributed by atoms with E-state index in [1.165, 1.54) is 13.1 Å². The lowest BCUT2D eigenvalue weighted by atomic mass is 10.1. The maximum Gasteiger partial charge on any atom is 0.251 e. The van der Waals surface area contributed by atoms with E-state index < -0.39 is 6.10 Å². The van der Waals surface area contributed by atoms with Gasteiger partial charge >= 0.3 is 0 Å². The molecule has 24 heavy (non-hydrogen) atoms. The van der Waals surface area contributed by atoms with Gasteiger partial charge in [0.25, 0.3) is 5.91 Å². The van der Waals surface area contributed by atoms with E-state index in [9.17, 15) is 9.90 Å². The third kappa shape index (κ3) is 4.32. The number of likely N-dealkylation sites (tertiary alicyclic amines) is 1. The topological polar surface area (TPSA) is 123 Å². The molecule has 1 aromatic rings. The van der Waals surface area contributed by atoms with Gasteiger partial charge in [-0.15, -0.1) is 0 Å². The molecule has 0 saturated carbocycles. The Bertz CT molecular complexity index is 622. The highest BCUT2D eigenvalue weighted by molar-refractivity contribution is 6.05. The first kappa shape index (κ1) is 17.9. The number of benzene rings is 1. The summed E-state index contributed by atoms with van der Waals surface area (Å²) in [7, 11) is 0. The first-order valence-electron chi connectivity index (χ1n) is 8.02. The van der Waals surface area contributed by atoms with Crippen molar-refractivity contribution in [1.29, 1.82) is 10.8 Å². The Morgan fingerprint density at radius 3 is 2.71 bits per heavy atom. The highest BCUT2D eigenvalue weighted by Crippen LogP contribution is 2.27. The van der Waals surface area contributed by atoms with Crippen molar-refractivity contribution < 1.29 is 14.6 Å². The van der Waals surface area contributed by atoms with Gasteiger partial charge < -0.3 is 31.3 Å². The Balaban J connectivity index is 1.94. The van der Waals surface area contributed by atoms with E-state index >= 15 is 0 Å². The van der Waals surface area contributed by atoms with Gasteiger partial charge in [0, 0.05) is 44.3 Å². The molecule has 1 aliphatic rings. The Labute approximate surface area is 141 Å². The van der Waals surface area contributed by atoms with Crippen molar-refractivity contribution in [3.8, 4) is 5.75 Å². The molecule has 2 rings (SSSR count). The van der Waals surface area contributed by atoms with E-state index in [-0.39, 0.29) is 18.4 Å². The predicted molar refractivity (Wildman–Crippen MR) is 93.0 cm³/mol. The van der Waals surface area contributed by atoms with Gasteiger partial charge in [-0.3, -0.25) is 4.79 Å². The SMILES string of the molecule is CC(O)C(=O)N1CCC(Oc2ccc(C(=N)CC=N)cc2N)CC1. The molecule has 1 aliphatic heterocycles. The van der Waals surface area contributed by atoms with E-state index in [0.29, 0.717) is 48.6 Å². The summed E-state index contributed by atoms with van der Waals surface area (Å²) >= 11 is 0. The second-order valence-corrected chi connectivity index (χ2v) is 5.96. The Kier molecular flexibility index (Phi) is 5.92. The molecular formula is C17H24N4O3. The molecule has 0 aromatic heterocycles. The molecule has 0 radical (unpaired) electrons. The maximum atomic E-state index is 11.8. The summed E-state index contributed by atoms with van der Waals surface area (Å²) in [5.41, 5.74) is 7.50. The van der Waals surface area contributed by atoms with Crippen LogP contribution >= 0.6 is 0 Å². The molecule has 0 aliphatic carbocycles. The van der Waals surface area contributed by atoms with Gasteiger partial charge in [0.1, 0.15) is 18.0 Å². The average molecular weight is 332 g/mol. The van der Waals surface area contributed by atoms with Crippen LogP contribution in [0.4, 0.5) is 5.69 Å². The fourth-order valence-electron chi connectivity index (χ4n) is 2.70. The zero-order chi connectivity index (χ0) is 17.7. The molecular weight excluding hydrogens is 308 g/mol. The summed E-state index contributed by atoms with van der Waals surface area (Å²) < 4.78 is 5.93. The van der Waals surface area contributed by atoms with Gasteiger partial charge in [-0.25, -0.2) is 0 Å². The molecule has 0 bridgehead atoms. The Morgan fingerprint density at radius 1 is 1.50 bits per heavy atom. The van der Waals surface area contributed by atoms with Crippen LogP contribution in [-0.2, 0) is 4.79 Å². The molecule has 130 valence electrons. The molecule has 1 saturated heterocycles. The zero-order valence-corrected chi connectivity index (χ0v) is 13.8. The highest BCUT2D eigenvalue weighted by Gasteiger charge is 2.26. The van der Waals surface area contributed by atoms with Gasteiger partial charge in [-0.1, -0.05) is 0 Å². The second kappa shape index (κ2) is 7.92. The normalized spacial score (nSPS) is 16.5. The molecule has 1 atom stereocenters. The van der Waals surface area contributed by atoms with Crippen LogP contribution in [0.15, 0.2) is 18.2 Å². The Morgan fingerprint density at radius 2 is 2.17 bits per heavy atom. The number of carbonyl (C=O) groups excluding carboxylic acids is 1. The fraction of sp³-hybridized carbons (Fsp3) is 0.471. The van der Waals surface area contributed by atoms with Crippen LogP contribution in [0, 0.1) is 10.8 Å². The van der Waals surface area contributed by atoms with Crippen LogP contribution in [-0.4, -0.2) is 53.1 Å². The van der Waals surface area contributed by atoms with Crippen LogP contribution in [0.3, 0.4) is 0 Å². The number of hydrogen-bond acceptors (Lipinski definition) is 6. The number of ether oxygens (including phenoxy) is 1. The van der Waals surface area contributed by atoms with Gasteiger partial charge in [0.05, 0.1) is 5.69 Å². The predicted octanol–water partition coefficient (Wildman–Crippen LogP) is 1.43. The molecule has 7 nitrogen and oxygen atoms in total. The van der Waals surface area contributed by atoms with Gasteiger partial charge in [0.15, 0.2) is 0 Å². The minimum atomic E-state index is -0.970. The molecule has 7 heteroatoms. The number of piperidine rings is 1. The van der Waals surface area contributed by atoms with Crippen LogP contribution < -0.4 is 10.5 Å². The summed E-state index contributed by atoms with van der Waals surface area (Å²) in [5, 5.41) is 24.2. The number of nitrogen functional groups attached to an aromatic ring is 1. The summed E-state index contributed by atoms with van der Waals surface area (Å²) in [4.78, 5) is 13.4. The zero-order valence-electron chi connectivity index (χ0n) is 13.8. The van der Waals surface area contributed by atoms with Crippen LogP contribution in [0.1, 0.15) is 31.7 Å². The van der Waals surface area contributed by atoms with Crippen molar-refractivity contribution >= 4 is 23.5 Å². The quantitative estimate of drug-likeness (QED) is 0.464. The minimum absolute atomic E-state index is 0.0303. The monoisotopic (exact) mass is 332 g/mol. The molecule has 1 unspecified atom stereocenters. The summed E-state index contributed by atoms with van der Waals surface area (Å²) in [6.07, 6.45) is 1.83. The van der Waals surface area contributed by atoms with E-state index in [0.717, 1.165) is 0 Å². The molecule has 1 heterocycles. The van der Waals surface area contributed by atoms with Crippen molar-refractivity contribution in [3.63, 3.8) is 0 Å². The number of anilines is 1. The molecule has 5 N–H and O–H groups in total.